The zero-order chi connectivity index (χ0) is 19.4. The third-order valence-electron chi connectivity index (χ3n) is 5.29. The molecule has 1 fully saturated rings. The molecule has 1 unspecified atom stereocenters. The Kier molecular flexibility index (Phi) is 6.38. The highest BCUT2D eigenvalue weighted by Gasteiger charge is 2.25. The van der Waals surface area contributed by atoms with Gasteiger partial charge in [0.1, 0.15) is 17.7 Å². The predicted molar refractivity (Wildman–Crippen MR) is 113 cm³/mol. The number of aryl methyl sites for hydroxylation is 1. The summed E-state index contributed by atoms with van der Waals surface area (Å²) in [6, 6.07) is 10.5. The van der Waals surface area contributed by atoms with Crippen molar-refractivity contribution in [3.05, 3.63) is 41.5 Å². The first-order valence-electron chi connectivity index (χ1n) is 10.2. The molecule has 27 heavy (non-hydrogen) atoms. The highest BCUT2D eigenvalue weighted by atomic mass is 16.5. The van der Waals surface area contributed by atoms with Gasteiger partial charge in [-0.15, -0.1) is 0 Å². The van der Waals surface area contributed by atoms with Crippen LogP contribution in [0.2, 0.25) is 0 Å². The lowest BCUT2D eigenvalue weighted by Gasteiger charge is -2.30. The molecule has 3 rings (SSSR count). The number of likely N-dealkylation sites (N-methyl/N-ethyl adjacent to an activating group) is 1. The van der Waals surface area contributed by atoms with Crippen molar-refractivity contribution >= 4 is 5.82 Å². The van der Waals surface area contributed by atoms with Gasteiger partial charge in [-0.2, -0.15) is 0 Å². The first kappa shape index (κ1) is 19.7. The first-order chi connectivity index (χ1) is 13.0. The summed E-state index contributed by atoms with van der Waals surface area (Å²) >= 11 is 0. The third kappa shape index (κ3) is 4.81. The minimum atomic E-state index is 0.154. The Morgan fingerprint density at radius 3 is 2.63 bits per heavy atom. The maximum atomic E-state index is 6.40. The Morgan fingerprint density at radius 1 is 1.26 bits per heavy atom. The molecule has 0 spiro atoms. The van der Waals surface area contributed by atoms with E-state index < -0.39 is 0 Å². The summed E-state index contributed by atoms with van der Waals surface area (Å²) in [5.41, 5.74) is 10.8. The Hall–Kier alpha value is -2.07. The minimum absolute atomic E-state index is 0.154. The number of aromatic nitrogens is 1. The molecule has 1 aromatic carbocycles. The van der Waals surface area contributed by atoms with Crippen LogP contribution in [0.4, 0.5) is 5.82 Å². The third-order valence-corrected chi connectivity index (χ3v) is 5.29. The van der Waals surface area contributed by atoms with E-state index in [1.165, 1.54) is 36.0 Å². The average Bonchev–Trinajstić information content (AvgIpc) is 2.54. The van der Waals surface area contributed by atoms with Crippen LogP contribution >= 0.6 is 0 Å². The summed E-state index contributed by atoms with van der Waals surface area (Å²) in [5, 5.41) is 0. The van der Waals surface area contributed by atoms with E-state index >= 15 is 0 Å². The average molecular weight is 368 g/mol. The highest BCUT2D eigenvalue weighted by Crippen LogP contribution is 2.43. The molecule has 0 bridgehead atoms. The van der Waals surface area contributed by atoms with Gasteiger partial charge in [-0.3, -0.25) is 0 Å². The van der Waals surface area contributed by atoms with Gasteiger partial charge in [0, 0.05) is 12.1 Å². The van der Waals surface area contributed by atoms with Crippen molar-refractivity contribution in [2.45, 2.75) is 58.0 Å². The van der Waals surface area contributed by atoms with Crippen LogP contribution in [0.1, 0.15) is 56.6 Å². The van der Waals surface area contributed by atoms with Crippen LogP contribution in [0.15, 0.2) is 30.3 Å². The Balaban J connectivity index is 2.03. The second kappa shape index (κ2) is 8.75. The molecule has 0 aliphatic heterocycles. The van der Waals surface area contributed by atoms with E-state index in [1.807, 2.05) is 12.1 Å². The monoisotopic (exact) mass is 367 g/mol. The van der Waals surface area contributed by atoms with Crippen LogP contribution in [0.3, 0.4) is 0 Å². The molecule has 4 nitrogen and oxygen atoms in total. The molecule has 146 valence electrons. The van der Waals surface area contributed by atoms with Crippen molar-refractivity contribution in [3.8, 4) is 17.0 Å². The number of anilines is 1. The summed E-state index contributed by atoms with van der Waals surface area (Å²) in [6.45, 7) is 5.26. The summed E-state index contributed by atoms with van der Waals surface area (Å²) in [4.78, 5) is 6.78. The van der Waals surface area contributed by atoms with Crippen LogP contribution < -0.4 is 10.5 Å². The van der Waals surface area contributed by atoms with E-state index in [4.69, 9.17) is 10.5 Å². The predicted octanol–water partition coefficient (Wildman–Crippen LogP) is 4.88. The summed E-state index contributed by atoms with van der Waals surface area (Å²) in [5.74, 6) is 2.22. The number of nitrogens with two attached hydrogens (primary N) is 1. The molecular weight excluding hydrogens is 334 g/mol. The number of hydrogen-bond acceptors (Lipinski definition) is 4. The Labute approximate surface area is 163 Å². The van der Waals surface area contributed by atoms with E-state index in [0.29, 0.717) is 11.7 Å². The van der Waals surface area contributed by atoms with Crippen molar-refractivity contribution in [1.82, 2.24) is 9.88 Å². The first-order valence-corrected chi connectivity index (χ1v) is 10.2. The smallest absolute Gasteiger partial charge is 0.124 e. The summed E-state index contributed by atoms with van der Waals surface area (Å²) < 4.78 is 6.40. The van der Waals surface area contributed by atoms with Crippen molar-refractivity contribution in [2.75, 3.05) is 26.4 Å². The van der Waals surface area contributed by atoms with Crippen LogP contribution in [0.25, 0.3) is 11.3 Å². The van der Waals surface area contributed by atoms with E-state index in [0.717, 1.165) is 30.8 Å². The number of nitrogen functional groups attached to an aromatic ring is 1. The molecule has 1 atom stereocenters. The molecule has 2 aromatic rings. The second-order valence-corrected chi connectivity index (χ2v) is 8.06. The van der Waals surface area contributed by atoms with Gasteiger partial charge >= 0.3 is 0 Å². The van der Waals surface area contributed by atoms with Gasteiger partial charge in [-0.25, -0.2) is 4.98 Å². The number of nitrogens with zero attached hydrogens (tertiary/aromatic N) is 2. The molecule has 0 saturated heterocycles. The Morgan fingerprint density at radius 2 is 2.04 bits per heavy atom. The molecule has 0 radical (unpaired) electrons. The fraction of sp³-hybridized carbons (Fsp3) is 0.522. The SMILES string of the molecule is CCCc1cc(-c2cccc(N)n2)c(C2CCC2)cc1OC(C)CN(C)C. The van der Waals surface area contributed by atoms with Gasteiger partial charge in [0.2, 0.25) is 0 Å². The van der Waals surface area contributed by atoms with Crippen LogP contribution in [0.5, 0.6) is 5.75 Å². The number of benzene rings is 1. The lowest BCUT2D eigenvalue weighted by Crippen LogP contribution is -2.28. The number of rotatable bonds is 8. The molecule has 1 aliphatic carbocycles. The fourth-order valence-electron chi connectivity index (χ4n) is 3.86. The molecule has 4 heteroatoms. The van der Waals surface area contributed by atoms with Crippen molar-refractivity contribution < 1.29 is 4.74 Å². The van der Waals surface area contributed by atoms with Crippen molar-refractivity contribution in [1.29, 1.82) is 0 Å². The quantitative estimate of drug-likeness (QED) is 0.722. The number of ether oxygens (including phenoxy) is 1. The van der Waals surface area contributed by atoms with Gasteiger partial charge in [-0.1, -0.05) is 25.8 Å². The largest absolute Gasteiger partial charge is 0.489 e. The second-order valence-electron chi connectivity index (χ2n) is 8.06. The van der Waals surface area contributed by atoms with Crippen LogP contribution in [-0.2, 0) is 6.42 Å². The van der Waals surface area contributed by atoms with E-state index in [9.17, 15) is 0 Å². The standard InChI is InChI=1S/C23H33N3O/c1-5-8-18-13-20(21-11-7-12-23(24)25-21)19(17-9-6-10-17)14-22(18)27-16(2)15-26(3)4/h7,11-14,16-17H,5-6,8-10,15H2,1-4H3,(H2,24,25). The molecular formula is C23H33N3O. The number of pyridine rings is 1. The van der Waals surface area contributed by atoms with Crippen LogP contribution in [-0.4, -0.2) is 36.6 Å². The molecule has 1 aliphatic rings. The molecule has 2 N–H and O–H groups in total. The maximum absolute atomic E-state index is 6.40. The topological polar surface area (TPSA) is 51.4 Å². The lowest BCUT2D eigenvalue weighted by molar-refractivity contribution is 0.175. The molecule has 1 saturated carbocycles. The van der Waals surface area contributed by atoms with E-state index in [1.54, 1.807) is 0 Å². The van der Waals surface area contributed by atoms with Gasteiger partial charge in [0.25, 0.3) is 0 Å². The number of hydrogen-bond donors (Lipinski definition) is 1. The van der Waals surface area contributed by atoms with Crippen molar-refractivity contribution in [3.63, 3.8) is 0 Å². The van der Waals surface area contributed by atoms with Crippen molar-refractivity contribution in [2.24, 2.45) is 0 Å². The fourth-order valence-corrected chi connectivity index (χ4v) is 3.86. The summed E-state index contributed by atoms with van der Waals surface area (Å²) in [7, 11) is 4.17. The van der Waals surface area contributed by atoms with Crippen LogP contribution in [0, 0.1) is 0 Å². The minimum Gasteiger partial charge on any atom is -0.489 e. The zero-order valence-corrected chi connectivity index (χ0v) is 17.2. The van der Waals surface area contributed by atoms with E-state index in [2.05, 4.69) is 56.0 Å². The summed E-state index contributed by atoms with van der Waals surface area (Å²) in [6.07, 6.45) is 6.04. The Bertz CT molecular complexity index is 768. The highest BCUT2D eigenvalue weighted by molar-refractivity contribution is 5.69. The molecule has 0 amide bonds. The van der Waals surface area contributed by atoms with Gasteiger partial charge < -0.3 is 15.4 Å². The van der Waals surface area contributed by atoms with E-state index in [-0.39, 0.29) is 6.10 Å². The van der Waals surface area contributed by atoms with Gasteiger partial charge in [0.15, 0.2) is 0 Å². The normalized spacial score (nSPS) is 15.6. The lowest BCUT2D eigenvalue weighted by atomic mass is 9.77. The van der Waals surface area contributed by atoms with Gasteiger partial charge in [0.05, 0.1) is 5.69 Å². The maximum Gasteiger partial charge on any atom is 0.124 e. The zero-order valence-electron chi connectivity index (χ0n) is 17.2. The molecule has 1 aromatic heterocycles. The van der Waals surface area contributed by atoms with Gasteiger partial charge in [-0.05, 0) is 81.6 Å². The molecule has 1 heterocycles.